The monoisotopic (exact) mass is 276 g/mol. The summed E-state index contributed by atoms with van der Waals surface area (Å²) < 4.78 is 0.996. The highest BCUT2D eigenvalue weighted by molar-refractivity contribution is 9.10. The second-order valence-electron chi connectivity index (χ2n) is 3.60. The molecular weight excluding hydrogens is 264 g/mol. The molecule has 0 heterocycles. The minimum atomic E-state index is 0.765. The maximum absolute atomic E-state index is 5.99. The number of nitrogen functional groups attached to an aromatic ring is 1. The topological polar surface area (TPSA) is 29.3 Å². The molecule has 0 aliphatic rings. The summed E-state index contributed by atoms with van der Waals surface area (Å²) in [6.07, 6.45) is 0. The Labute approximate surface area is 104 Å². The minimum Gasteiger partial charge on any atom is -0.397 e. The fourth-order valence-electron chi connectivity index (χ4n) is 1.62. The van der Waals surface area contributed by atoms with Gasteiger partial charge in [-0.2, -0.15) is 0 Å². The molecule has 16 heavy (non-hydrogen) atoms. The van der Waals surface area contributed by atoms with Crippen molar-refractivity contribution < 1.29 is 0 Å². The molecule has 3 heteroatoms. The Morgan fingerprint density at radius 3 is 2.38 bits per heavy atom. The smallest absolute Gasteiger partial charge is 0.0642 e. The lowest BCUT2D eigenvalue weighted by Gasteiger charge is -2.21. The molecule has 82 valence electrons. The highest BCUT2D eigenvalue weighted by Crippen LogP contribution is 2.30. The van der Waals surface area contributed by atoms with Crippen LogP contribution in [0.25, 0.3) is 0 Å². The Kier molecular flexibility index (Phi) is 3.15. The fraction of sp³-hybridized carbons (Fsp3) is 0.0769. The standard InChI is InChI=1S/C13H13BrN2/c1-16(11-5-3-2-4-6-11)13-8-7-10(14)9-12(13)15/h2-9H,15H2,1H3. The molecular formula is C13H13BrN2. The second kappa shape index (κ2) is 4.58. The van der Waals surface area contributed by atoms with Gasteiger partial charge in [0.15, 0.2) is 0 Å². The molecule has 0 saturated heterocycles. The van der Waals surface area contributed by atoms with Gasteiger partial charge in [-0.05, 0) is 30.3 Å². The van der Waals surface area contributed by atoms with Gasteiger partial charge in [-0.15, -0.1) is 0 Å². The van der Waals surface area contributed by atoms with Crippen LogP contribution in [0.1, 0.15) is 0 Å². The minimum absolute atomic E-state index is 0.765. The number of rotatable bonds is 2. The van der Waals surface area contributed by atoms with E-state index in [1.807, 2.05) is 43.4 Å². The van der Waals surface area contributed by atoms with Crippen LogP contribution in [0.4, 0.5) is 17.1 Å². The first-order valence-electron chi connectivity index (χ1n) is 5.02. The molecule has 0 fully saturated rings. The molecule has 0 radical (unpaired) electrons. The van der Waals surface area contributed by atoms with Crippen LogP contribution in [0.2, 0.25) is 0 Å². The molecule has 0 saturated carbocycles. The van der Waals surface area contributed by atoms with Crippen molar-refractivity contribution in [2.24, 2.45) is 0 Å². The molecule has 2 rings (SSSR count). The quantitative estimate of drug-likeness (QED) is 0.846. The van der Waals surface area contributed by atoms with Gasteiger partial charge in [0.2, 0.25) is 0 Å². The Balaban J connectivity index is 2.38. The molecule has 0 bridgehead atoms. The van der Waals surface area contributed by atoms with Gasteiger partial charge in [-0.25, -0.2) is 0 Å². The molecule has 0 amide bonds. The molecule has 0 aliphatic heterocycles. The maximum atomic E-state index is 5.99. The van der Waals surface area contributed by atoms with Gasteiger partial charge in [-0.3, -0.25) is 0 Å². The average Bonchev–Trinajstić information content (AvgIpc) is 2.29. The first-order valence-corrected chi connectivity index (χ1v) is 5.81. The Bertz CT molecular complexity index is 483. The van der Waals surface area contributed by atoms with Crippen molar-refractivity contribution in [3.8, 4) is 0 Å². The van der Waals surface area contributed by atoms with Crippen molar-refractivity contribution >= 4 is 33.0 Å². The van der Waals surface area contributed by atoms with Crippen molar-refractivity contribution in [3.63, 3.8) is 0 Å². The van der Waals surface area contributed by atoms with Gasteiger partial charge in [0, 0.05) is 17.2 Å². The van der Waals surface area contributed by atoms with Gasteiger partial charge < -0.3 is 10.6 Å². The van der Waals surface area contributed by atoms with Gasteiger partial charge in [0.1, 0.15) is 0 Å². The second-order valence-corrected chi connectivity index (χ2v) is 4.51. The predicted octanol–water partition coefficient (Wildman–Crippen LogP) is 3.80. The van der Waals surface area contributed by atoms with Crippen LogP contribution < -0.4 is 10.6 Å². The summed E-state index contributed by atoms with van der Waals surface area (Å²) in [5, 5.41) is 0. The molecule has 0 atom stereocenters. The zero-order valence-corrected chi connectivity index (χ0v) is 10.6. The van der Waals surface area contributed by atoms with Crippen molar-refractivity contribution in [3.05, 3.63) is 53.0 Å². The lowest BCUT2D eigenvalue weighted by molar-refractivity contribution is 1.21. The Hall–Kier alpha value is -1.48. The molecule has 2 N–H and O–H groups in total. The summed E-state index contributed by atoms with van der Waals surface area (Å²) in [5.74, 6) is 0. The highest BCUT2D eigenvalue weighted by Gasteiger charge is 2.06. The first-order chi connectivity index (χ1) is 7.68. The number of nitrogens with two attached hydrogens (primary N) is 1. The fourth-order valence-corrected chi connectivity index (χ4v) is 2.00. The van der Waals surface area contributed by atoms with E-state index in [-0.39, 0.29) is 0 Å². The van der Waals surface area contributed by atoms with E-state index >= 15 is 0 Å². The Morgan fingerprint density at radius 1 is 1.06 bits per heavy atom. The van der Waals surface area contributed by atoms with E-state index < -0.39 is 0 Å². The number of hydrogen-bond acceptors (Lipinski definition) is 2. The normalized spacial score (nSPS) is 10.1. The number of anilines is 3. The van der Waals surface area contributed by atoms with E-state index in [1.54, 1.807) is 0 Å². The predicted molar refractivity (Wildman–Crippen MR) is 73.1 cm³/mol. The van der Waals surface area contributed by atoms with E-state index in [0.717, 1.165) is 21.5 Å². The van der Waals surface area contributed by atoms with E-state index in [2.05, 4.69) is 33.0 Å². The van der Waals surface area contributed by atoms with Crippen LogP contribution in [-0.4, -0.2) is 7.05 Å². The number of hydrogen-bond donors (Lipinski definition) is 1. The lowest BCUT2D eigenvalue weighted by Crippen LogP contribution is -2.11. The average molecular weight is 277 g/mol. The zero-order chi connectivity index (χ0) is 11.5. The van der Waals surface area contributed by atoms with Gasteiger partial charge >= 0.3 is 0 Å². The number of halogens is 1. The van der Waals surface area contributed by atoms with Crippen LogP contribution in [0.5, 0.6) is 0 Å². The first kappa shape index (κ1) is 11.0. The molecule has 0 aliphatic carbocycles. The van der Waals surface area contributed by atoms with E-state index in [1.165, 1.54) is 0 Å². The summed E-state index contributed by atoms with van der Waals surface area (Å²) in [4.78, 5) is 2.07. The van der Waals surface area contributed by atoms with Crippen LogP contribution in [-0.2, 0) is 0 Å². The van der Waals surface area contributed by atoms with E-state index in [0.29, 0.717) is 0 Å². The molecule has 2 aromatic rings. The summed E-state index contributed by atoms with van der Waals surface area (Å²) in [6, 6.07) is 16.1. The van der Waals surface area contributed by atoms with Gasteiger partial charge in [-0.1, -0.05) is 34.1 Å². The molecule has 0 spiro atoms. The van der Waals surface area contributed by atoms with E-state index in [9.17, 15) is 0 Å². The Morgan fingerprint density at radius 2 is 1.75 bits per heavy atom. The van der Waals surface area contributed by atoms with Crippen molar-refractivity contribution in [2.45, 2.75) is 0 Å². The van der Waals surface area contributed by atoms with Crippen molar-refractivity contribution in [1.29, 1.82) is 0 Å². The number of para-hydroxylation sites is 1. The molecule has 0 aromatic heterocycles. The van der Waals surface area contributed by atoms with Crippen LogP contribution in [0.3, 0.4) is 0 Å². The number of benzene rings is 2. The van der Waals surface area contributed by atoms with Crippen molar-refractivity contribution in [1.82, 2.24) is 0 Å². The summed E-state index contributed by atoms with van der Waals surface area (Å²) >= 11 is 3.40. The number of nitrogens with zero attached hydrogens (tertiary/aromatic N) is 1. The zero-order valence-electron chi connectivity index (χ0n) is 9.02. The third-order valence-corrected chi connectivity index (χ3v) is 2.99. The van der Waals surface area contributed by atoms with Gasteiger partial charge in [0.05, 0.1) is 11.4 Å². The maximum Gasteiger partial charge on any atom is 0.0642 e. The van der Waals surface area contributed by atoms with Crippen LogP contribution in [0, 0.1) is 0 Å². The van der Waals surface area contributed by atoms with Gasteiger partial charge in [0.25, 0.3) is 0 Å². The SMILES string of the molecule is CN(c1ccccc1)c1ccc(Br)cc1N. The third-order valence-electron chi connectivity index (χ3n) is 2.49. The van der Waals surface area contributed by atoms with Crippen molar-refractivity contribution in [2.75, 3.05) is 17.7 Å². The van der Waals surface area contributed by atoms with Crippen LogP contribution in [0.15, 0.2) is 53.0 Å². The summed E-state index contributed by atoms with van der Waals surface area (Å²) in [6.45, 7) is 0. The molecule has 2 aromatic carbocycles. The molecule has 0 unspecified atom stereocenters. The van der Waals surface area contributed by atoms with E-state index in [4.69, 9.17) is 5.73 Å². The highest BCUT2D eigenvalue weighted by atomic mass is 79.9. The lowest BCUT2D eigenvalue weighted by atomic mass is 10.2. The molecule has 2 nitrogen and oxygen atoms in total. The van der Waals surface area contributed by atoms with Crippen LogP contribution >= 0.6 is 15.9 Å². The third kappa shape index (κ3) is 2.19. The largest absolute Gasteiger partial charge is 0.397 e. The summed E-state index contributed by atoms with van der Waals surface area (Å²) in [5.41, 5.74) is 8.88. The summed E-state index contributed by atoms with van der Waals surface area (Å²) in [7, 11) is 2.01.